The number of methoxy groups -OCH3 is 2. The molecule has 6 aromatic carbocycles. The highest BCUT2D eigenvalue weighted by atomic mass is 35.5. The van der Waals surface area contributed by atoms with Gasteiger partial charge in [0.2, 0.25) is 0 Å². The van der Waals surface area contributed by atoms with E-state index in [9.17, 15) is 19.1 Å². The van der Waals surface area contributed by atoms with Crippen molar-refractivity contribution < 1.29 is 33.0 Å². The molecule has 0 bridgehead atoms. The number of nitrogens with two attached hydrogens (primary N) is 1. The number of fused-ring (bicyclic) bond motifs is 2. The van der Waals surface area contributed by atoms with Gasteiger partial charge in [-0.25, -0.2) is 23.6 Å². The van der Waals surface area contributed by atoms with E-state index in [0.717, 1.165) is 38.6 Å². The van der Waals surface area contributed by atoms with Crippen LogP contribution in [0.4, 0.5) is 20.2 Å². The maximum Gasteiger partial charge on any atom is 0.335 e. The third kappa shape index (κ3) is 11.0. The lowest BCUT2D eigenvalue weighted by Crippen LogP contribution is -2.39. The van der Waals surface area contributed by atoms with E-state index < -0.39 is 29.7 Å². The Morgan fingerprint density at radius 1 is 0.644 bits per heavy atom. The normalized spacial score (nSPS) is 15.5. The minimum Gasteiger partial charge on any atom is -0.497 e. The summed E-state index contributed by atoms with van der Waals surface area (Å²) in [7, 11) is 6.65. The predicted molar refractivity (Wildman–Crippen MR) is 281 cm³/mol. The van der Waals surface area contributed by atoms with Crippen molar-refractivity contribution in [2.24, 2.45) is 9.98 Å². The number of carboxylic acid groups (broad SMARTS) is 1. The molecule has 6 N–H and O–H groups in total. The average Bonchev–Trinajstić information content (AvgIpc) is 4.05. The Hall–Kier alpha value is -8.54. The number of nitrogens with zero attached hydrogens (tertiary/aromatic N) is 6. The number of carbonyl (C=O) groups is 2. The van der Waals surface area contributed by atoms with Crippen molar-refractivity contribution in [3.8, 4) is 11.5 Å². The fourth-order valence-corrected chi connectivity index (χ4v) is 8.87. The van der Waals surface area contributed by atoms with E-state index in [1.54, 1.807) is 101 Å². The molecule has 0 fully saturated rings. The van der Waals surface area contributed by atoms with Crippen molar-refractivity contribution in [3.05, 3.63) is 200 Å². The van der Waals surface area contributed by atoms with E-state index in [4.69, 9.17) is 43.4 Å². The molecule has 2 aliphatic rings. The van der Waals surface area contributed by atoms with Gasteiger partial charge >= 0.3 is 5.97 Å². The first-order valence-electron chi connectivity index (χ1n) is 22.4. The van der Waals surface area contributed by atoms with Crippen LogP contribution in [0.1, 0.15) is 48.2 Å². The standard InChI is InChI=1S/C27H23ClFN5O2.C20H18ClFN2O3.C7H7N3/c1-15-24(27(35)32-19-7-11-23-17(12-19)14-30-33-23)25(21-10-6-18(28)13-22(21)29)34(2)26(31-15)16-4-8-20(36-3)9-5-16;1-11-17(20(25)26)18(15-9-6-13(21)10-16(15)22)24(2)19(23-11)12-4-7-14(27-3)8-5-12;8-6-1-2-7-5(3-6)4-9-10-7/h4-14,25H,1-3H3,(H,30,33)(H,32,35);4-10,18H,1-3H3,(H,25,26);1-4H,8H2,(H,9,10). The summed E-state index contributed by atoms with van der Waals surface area (Å²) in [6, 6.07) is 32.8. The second-order valence-corrected chi connectivity index (χ2v) is 17.7. The molecule has 1 amide bonds. The van der Waals surface area contributed by atoms with Gasteiger partial charge in [0.05, 0.1) is 72.3 Å². The van der Waals surface area contributed by atoms with Gasteiger partial charge in [-0.15, -0.1) is 0 Å². The molecule has 0 radical (unpaired) electrons. The smallest absolute Gasteiger partial charge is 0.335 e. The van der Waals surface area contributed by atoms with Crippen molar-refractivity contribution in [3.63, 3.8) is 0 Å². The molecule has 2 unspecified atom stereocenters. The molecule has 0 saturated carbocycles. The van der Waals surface area contributed by atoms with E-state index in [0.29, 0.717) is 51.4 Å². The summed E-state index contributed by atoms with van der Waals surface area (Å²) in [4.78, 5) is 38.2. The van der Waals surface area contributed by atoms with Gasteiger partial charge in [0.25, 0.3) is 5.91 Å². The number of amidine groups is 2. The second-order valence-electron chi connectivity index (χ2n) is 16.8. The number of H-pyrrole nitrogens is 2. The lowest BCUT2D eigenvalue weighted by molar-refractivity contribution is -0.133. The number of amides is 1. The number of rotatable bonds is 9. The van der Waals surface area contributed by atoms with Crippen LogP contribution < -0.4 is 20.5 Å². The van der Waals surface area contributed by atoms with Crippen LogP contribution in [0.3, 0.4) is 0 Å². The van der Waals surface area contributed by atoms with Crippen LogP contribution in [0, 0.1) is 11.6 Å². The number of allylic oxidation sites excluding steroid dienone is 2. The van der Waals surface area contributed by atoms with Crippen molar-refractivity contribution in [1.82, 2.24) is 30.2 Å². The molecule has 2 aliphatic heterocycles. The van der Waals surface area contributed by atoms with Crippen molar-refractivity contribution >= 4 is 79.9 Å². The zero-order valence-corrected chi connectivity index (χ0v) is 41.7. The third-order valence-electron chi connectivity index (χ3n) is 12.2. The maximum atomic E-state index is 15.2. The van der Waals surface area contributed by atoms with Crippen LogP contribution in [-0.4, -0.2) is 87.2 Å². The van der Waals surface area contributed by atoms with Crippen LogP contribution in [0.2, 0.25) is 10.0 Å². The lowest BCUT2D eigenvalue weighted by atomic mass is 9.92. The zero-order chi connectivity index (χ0) is 52.1. The highest BCUT2D eigenvalue weighted by molar-refractivity contribution is 6.31. The molecule has 0 saturated heterocycles. The number of carboxylic acids is 1. The first kappa shape index (κ1) is 50.8. The van der Waals surface area contributed by atoms with Gasteiger partial charge in [-0.2, -0.15) is 10.2 Å². The summed E-state index contributed by atoms with van der Waals surface area (Å²) in [5.41, 5.74) is 12.1. The van der Waals surface area contributed by atoms with Crippen LogP contribution in [-0.2, 0) is 9.59 Å². The quantitative estimate of drug-likeness (QED) is 0.0867. The first-order chi connectivity index (χ1) is 35.0. The molecule has 2 atom stereocenters. The molecular weight excluding hydrogens is 978 g/mol. The lowest BCUT2D eigenvalue weighted by Gasteiger charge is -2.36. The van der Waals surface area contributed by atoms with Gasteiger partial charge in [0, 0.05) is 68.5 Å². The second kappa shape index (κ2) is 21.8. The number of halogens is 4. The number of nitrogen functional groups attached to an aromatic ring is 1. The predicted octanol–water partition coefficient (Wildman–Crippen LogP) is 11.1. The molecule has 2 aromatic heterocycles. The third-order valence-corrected chi connectivity index (χ3v) is 12.6. The summed E-state index contributed by atoms with van der Waals surface area (Å²) in [5.74, 6) is -0.0487. The monoisotopic (exact) mass is 1020 g/mol. The number of ether oxygens (including phenoxy) is 2. The number of carbonyl (C=O) groups excluding carboxylic acids is 1. The summed E-state index contributed by atoms with van der Waals surface area (Å²) in [5, 5.41) is 28.7. The number of aliphatic imine (C=N–C) groups is 2. The molecule has 15 nitrogen and oxygen atoms in total. The number of aliphatic carboxylic acids is 1. The van der Waals surface area contributed by atoms with E-state index in [1.165, 1.54) is 18.2 Å². The van der Waals surface area contributed by atoms with Gasteiger partial charge in [-0.05, 0) is 123 Å². The Morgan fingerprint density at radius 2 is 1.10 bits per heavy atom. The Morgan fingerprint density at radius 3 is 1.56 bits per heavy atom. The van der Waals surface area contributed by atoms with Gasteiger partial charge in [-0.3, -0.25) is 15.0 Å². The van der Waals surface area contributed by atoms with Crippen molar-refractivity contribution in [1.29, 1.82) is 0 Å². The zero-order valence-electron chi connectivity index (χ0n) is 40.2. The molecular formula is C54H48Cl2F2N10O5. The van der Waals surface area contributed by atoms with Gasteiger partial charge in [0.15, 0.2) is 0 Å². The van der Waals surface area contributed by atoms with Gasteiger partial charge < -0.3 is 35.4 Å². The van der Waals surface area contributed by atoms with E-state index in [1.807, 2.05) is 66.7 Å². The van der Waals surface area contributed by atoms with Crippen molar-refractivity contribution in [2.75, 3.05) is 39.4 Å². The summed E-state index contributed by atoms with van der Waals surface area (Å²) in [6.45, 7) is 3.37. The van der Waals surface area contributed by atoms with Crippen LogP contribution in [0.15, 0.2) is 166 Å². The van der Waals surface area contributed by atoms with Gasteiger partial charge in [0.1, 0.15) is 34.8 Å². The Kier molecular flexibility index (Phi) is 15.2. The molecule has 8 aromatic rings. The van der Waals surface area contributed by atoms with Crippen LogP contribution >= 0.6 is 23.2 Å². The number of hydrogen-bond donors (Lipinski definition) is 5. The largest absolute Gasteiger partial charge is 0.497 e. The fraction of sp³-hybridized carbons (Fsp3) is 0.148. The number of aromatic nitrogens is 4. The highest BCUT2D eigenvalue weighted by Gasteiger charge is 2.37. The molecule has 372 valence electrons. The number of benzene rings is 6. The molecule has 4 heterocycles. The summed E-state index contributed by atoms with van der Waals surface area (Å²) < 4.78 is 40.3. The van der Waals surface area contributed by atoms with Crippen LogP contribution in [0.25, 0.3) is 21.8 Å². The average molecular weight is 1030 g/mol. The Labute approximate surface area is 428 Å². The summed E-state index contributed by atoms with van der Waals surface area (Å²) in [6.07, 6.45) is 3.44. The number of hydrogen-bond acceptors (Lipinski definition) is 11. The first-order valence-corrected chi connectivity index (χ1v) is 23.2. The maximum absolute atomic E-state index is 15.2. The molecule has 0 aliphatic carbocycles. The summed E-state index contributed by atoms with van der Waals surface area (Å²) >= 11 is 11.9. The van der Waals surface area contributed by atoms with E-state index in [2.05, 4.69) is 30.7 Å². The highest BCUT2D eigenvalue weighted by Crippen LogP contribution is 2.40. The number of nitrogens with one attached hydrogen (secondary N) is 3. The fourth-order valence-electron chi connectivity index (χ4n) is 8.56. The van der Waals surface area contributed by atoms with E-state index >= 15 is 4.39 Å². The number of aromatic amines is 2. The number of likely N-dealkylation sites (N-methyl/N-ethyl adjacent to an activating group) is 2. The van der Waals surface area contributed by atoms with E-state index in [-0.39, 0.29) is 27.1 Å². The Bertz CT molecular complexity index is 3500. The number of anilines is 2. The SMILES string of the molecule is COc1ccc(C2=NC(C)=C(C(=O)Nc3ccc4[nH]ncc4c3)C(c3ccc(Cl)cc3F)N2C)cc1.COc1ccc(C2=NC(C)=C(C(=O)O)C(c3ccc(Cl)cc3F)N2C)cc1.Nc1ccc2[nH]ncc2c1. The minimum absolute atomic E-state index is 0.0241. The van der Waals surface area contributed by atoms with Crippen LogP contribution in [0.5, 0.6) is 11.5 Å². The molecule has 19 heteroatoms. The minimum atomic E-state index is -1.14. The topological polar surface area (TPSA) is 199 Å². The molecule has 10 rings (SSSR count). The Balaban J connectivity index is 0.000000168. The molecule has 73 heavy (non-hydrogen) atoms. The van der Waals surface area contributed by atoms with Gasteiger partial charge in [-0.1, -0.05) is 35.3 Å². The molecule has 0 spiro atoms. The van der Waals surface area contributed by atoms with Crippen molar-refractivity contribution in [2.45, 2.75) is 25.9 Å².